The molecular weight excluding hydrogens is 529 g/mol. The summed E-state index contributed by atoms with van der Waals surface area (Å²) in [5.74, 6) is 0.227. The smallest absolute Gasteiger partial charge is 0.253 e. The molecule has 1 amide bonds. The molecule has 0 saturated heterocycles. The number of nitrogens with one attached hydrogen (secondary N) is 2. The zero-order chi connectivity index (χ0) is 28.8. The van der Waals surface area contributed by atoms with E-state index in [2.05, 4.69) is 48.7 Å². The summed E-state index contributed by atoms with van der Waals surface area (Å²) in [6, 6.07) is 21.1. The van der Waals surface area contributed by atoms with E-state index in [1.807, 2.05) is 18.2 Å². The Hall–Kier alpha value is -3.96. The fraction of sp³-hybridized carbons (Fsp3) is 0.250. The van der Waals surface area contributed by atoms with Crippen molar-refractivity contribution in [2.75, 3.05) is 6.61 Å². The molecule has 0 aliphatic carbocycles. The number of carbonyl (C=O) groups is 1. The minimum atomic E-state index is -0.685. The van der Waals surface area contributed by atoms with Gasteiger partial charge in [0.2, 0.25) is 0 Å². The Kier molecular flexibility index (Phi) is 9.38. The van der Waals surface area contributed by atoms with Crippen molar-refractivity contribution in [2.24, 2.45) is 0 Å². The third-order valence-corrected chi connectivity index (χ3v) is 7.21. The number of benzene rings is 3. The van der Waals surface area contributed by atoms with Crippen molar-refractivity contribution in [3.05, 3.63) is 117 Å². The minimum Gasteiger partial charge on any atom is -0.460 e. The molecule has 40 heavy (non-hydrogen) atoms. The fourth-order valence-corrected chi connectivity index (χ4v) is 4.63. The number of amides is 1. The van der Waals surface area contributed by atoms with Crippen molar-refractivity contribution in [3.63, 3.8) is 0 Å². The van der Waals surface area contributed by atoms with Gasteiger partial charge >= 0.3 is 0 Å². The lowest BCUT2D eigenvalue weighted by atomic mass is 9.98. The molecule has 0 fully saturated rings. The molecule has 8 heteroatoms. The lowest BCUT2D eigenvalue weighted by Gasteiger charge is -2.18. The summed E-state index contributed by atoms with van der Waals surface area (Å²) in [5.41, 5.74) is 4.54. The maximum Gasteiger partial charge on any atom is 0.253 e. The number of hydrogen-bond acceptors (Lipinski definition) is 5. The third kappa shape index (κ3) is 6.97. The number of carbonyl (C=O) groups excluding carboxylic acids is 1. The predicted octanol–water partition coefficient (Wildman–Crippen LogP) is 6.41. The van der Waals surface area contributed by atoms with Crippen LogP contribution in [0.25, 0.3) is 11.3 Å². The van der Waals surface area contributed by atoms with Gasteiger partial charge in [0, 0.05) is 11.6 Å². The number of aliphatic hydroxyl groups is 1. The molecule has 4 aromatic rings. The quantitative estimate of drug-likeness (QED) is 0.208. The van der Waals surface area contributed by atoms with E-state index in [1.165, 1.54) is 23.3 Å². The van der Waals surface area contributed by atoms with E-state index in [1.54, 1.807) is 25.1 Å². The zero-order valence-electron chi connectivity index (χ0n) is 22.6. The highest BCUT2D eigenvalue weighted by molar-refractivity contribution is 6.34. The second-order valence-corrected chi connectivity index (χ2v) is 10.3. The lowest BCUT2D eigenvalue weighted by Crippen LogP contribution is -2.39. The molecular formula is C32H31ClFN3O3. The van der Waals surface area contributed by atoms with E-state index in [-0.39, 0.29) is 35.2 Å². The second kappa shape index (κ2) is 12.9. The van der Waals surface area contributed by atoms with Crippen molar-refractivity contribution in [3.8, 4) is 17.4 Å². The molecule has 4 rings (SSSR count). The van der Waals surface area contributed by atoms with Gasteiger partial charge in [-0.15, -0.1) is 0 Å². The van der Waals surface area contributed by atoms with Crippen molar-refractivity contribution < 1.29 is 18.7 Å². The first-order chi connectivity index (χ1) is 19.2. The number of halogens is 2. The van der Waals surface area contributed by atoms with Gasteiger partial charge in [0.1, 0.15) is 23.4 Å². The van der Waals surface area contributed by atoms with Gasteiger partial charge in [-0.25, -0.2) is 4.39 Å². The number of furan rings is 1. The number of rotatable bonds is 10. The molecule has 6 nitrogen and oxygen atoms in total. The molecule has 0 bridgehead atoms. The normalized spacial score (nSPS) is 12.5. The highest BCUT2D eigenvalue weighted by atomic mass is 35.5. The molecule has 1 aromatic heterocycles. The Balaban J connectivity index is 1.43. The van der Waals surface area contributed by atoms with Crippen molar-refractivity contribution >= 4 is 17.5 Å². The molecule has 3 N–H and O–H groups in total. The van der Waals surface area contributed by atoms with Crippen LogP contribution in [0, 0.1) is 31.0 Å². The van der Waals surface area contributed by atoms with Crippen molar-refractivity contribution in [2.45, 2.75) is 45.8 Å². The predicted molar refractivity (Wildman–Crippen MR) is 153 cm³/mol. The van der Waals surface area contributed by atoms with E-state index in [4.69, 9.17) is 21.3 Å². The van der Waals surface area contributed by atoms with Crippen molar-refractivity contribution in [1.82, 2.24) is 10.6 Å². The largest absolute Gasteiger partial charge is 0.460 e. The number of nitriles is 1. The van der Waals surface area contributed by atoms with Crippen LogP contribution >= 0.6 is 11.6 Å². The van der Waals surface area contributed by atoms with E-state index >= 15 is 0 Å². The first kappa shape index (κ1) is 29.0. The van der Waals surface area contributed by atoms with E-state index < -0.39 is 17.8 Å². The van der Waals surface area contributed by atoms with Gasteiger partial charge in [-0.1, -0.05) is 41.4 Å². The molecule has 0 saturated carbocycles. The molecule has 0 aliphatic rings. The molecule has 0 unspecified atom stereocenters. The average molecular weight is 560 g/mol. The molecule has 0 radical (unpaired) electrons. The van der Waals surface area contributed by atoms with E-state index in [0.717, 1.165) is 5.76 Å². The zero-order valence-corrected chi connectivity index (χ0v) is 23.3. The van der Waals surface area contributed by atoms with Gasteiger partial charge < -0.3 is 20.2 Å². The van der Waals surface area contributed by atoms with E-state index in [9.17, 15) is 14.3 Å². The van der Waals surface area contributed by atoms with Gasteiger partial charge in [-0.2, -0.15) is 5.26 Å². The van der Waals surface area contributed by atoms with Crippen LogP contribution in [-0.2, 0) is 13.0 Å². The Labute approximate surface area is 238 Å². The van der Waals surface area contributed by atoms with Gasteiger partial charge in [0.05, 0.1) is 35.3 Å². The Bertz CT molecular complexity index is 1540. The first-order valence-electron chi connectivity index (χ1n) is 13.0. The van der Waals surface area contributed by atoms with Gasteiger partial charge in [-0.3, -0.25) is 4.79 Å². The summed E-state index contributed by atoms with van der Waals surface area (Å²) in [7, 11) is 0. The number of hydrogen-bond donors (Lipinski definition) is 3. The van der Waals surface area contributed by atoms with Crippen LogP contribution in [0.3, 0.4) is 0 Å². The third-order valence-electron chi connectivity index (χ3n) is 6.88. The van der Waals surface area contributed by atoms with Crippen LogP contribution in [0.5, 0.6) is 0 Å². The van der Waals surface area contributed by atoms with Crippen LogP contribution in [0.4, 0.5) is 4.39 Å². The number of aryl methyl sites for hydroxylation is 2. The Morgan fingerprint density at radius 3 is 2.55 bits per heavy atom. The first-order valence-corrected chi connectivity index (χ1v) is 13.4. The average Bonchev–Trinajstić information content (AvgIpc) is 3.42. The molecule has 0 spiro atoms. The summed E-state index contributed by atoms with van der Waals surface area (Å²) >= 11 is 6.36. The molecule has 206 valence electrons. The molecule has 1 heterocycles. The fourth-order valence-electron chi connectivity index (χ4n) is 4.43. The lowest BCUT2D eigenvalue weighted by molar-refractivity contribution is 0.0916. The van der Waals surface area contributed by atoms with Crippen LogP contribution < -0.4 is 10.6 Å². The maximum atomic E-state index is 14.1. The van der Waals surface area contributed by atoms with Crippen LogP contribution in [0.2, 0.25) is 5.02 Å². The summed E-state index contributed by atoms with van der Waals surface area (Å²) in [4.78, 5) is 13.1. The topological polar surface area (TPSA) is 98.3 Å². The highest BCUT2D eigenvalue weighted by Gasteiger charge is 2.19. The summed E-state index contributed by atoms with van der Waals surface area (Å²) in [6.45, 7) is 6.08. The van der Waals surface area contributed by atoms with Gasteiger partial charge in [0.15, 0.2) is 0 Å². The summed E-state index contributed by atoms with van der Waals surface area (Å²) in [5, 5.41) is 25.4. The van der Waals surface area contributed by atoms with E-state index in [0.29, 0.717) is 29.0 Å². The Morgan fingerprint density at radius 2 is 1.85 bits per heavy atom. The van der Waals surface area contributed by atoms with Crippen LogP contribution in [-0.4, -0.2) is 23.7 Å². The SMILES string of the molecule is Cc1ccc([C@@H](C)NCc2ccc(-c3ccc(Cl)c(C(=O)N[C@@H](CO)Cc4cc(F)c(C#N)cc4C)c3)o2)cc1. The maximum absolute atomic E-state index is 14.1. The standard InChI is InChI=1S/C32H31ClFN3O3/c1-19-4-6-22(7-5-19)21(3)36-17-27-9-11-31(40-27)23-8-10-29(33)28(14-23)32(39)37-26(18-38)13-24-15-30(34)25(16-35)12-20(24)2/h4-12,14-15,21,26,36,38H,13,17-18H2,1-3H3,(H,37,39)/t21-,26-/m1/s1. The Morgan fingerprint density at radius 1 is 1.10 bits per heavy atom. The van der Waals surface area contributed by atoms with Gasteiger partial charge in [0.25, 0.3) is 5.91 Å². The highest BCUT2D eigenvalue weighted by Crippen LogP contribution is 2.28. The minimum absolute atomic E-state index is 0.0490. The monoisotopic (exact) mass is 559 g/mol. The van der Waals surface area contributed by atoms with Crippen LogP contribution in [0.1, 0.15) is 56.9 Å². The number of nitrogens with zero attached hydrogens (tertiary/aromatic N) is 1. The van der Waals surface area contributed by atoms with Gasteiger partial charge in [-0.05, 0) is 86.3 Å². The molecule has 2 atom stereocenters. The molecule has 3 aromatic carbocycles. The van der Waals surface area contributed by atoms with Crippen molar-refractivity contribution in [1.29, 1.82) is 5.26 Å². The summed E-state index contributed by atoms with van der Waals surface area (Å²) < 4.78 is 20.2. The second-order valence-electron chi connectivity index (χ2n) is 9.90. The van der Waals surface area contributed by atoms with Crippen LogP contribution in [0.15, 0.2) is 71.1 Å². The molecule has 0 aliphatic heterocycles. The summed E-state index contributed by atoms with van der Waals surface area (Å²) in [6.07, 6.45) is 0.184. The number of aliphatic hydroxyl groups excluding tert-OH is 1.